The zero-order chi connectivity index (χ0) is 17.5. The van der Waals surface area contributed by atoms with E-state index in [2.05, 4.69) is 0 Å². The Bertz CT molecular complexity index is 1070. The van der Waals surface area contributed by atoms with E-state index in [0.717, 1.165) is 23.5 Å². The lowest BCUT2D eigenvalue weighted by Gasteiger charge is -2.09. The van der Waals surface area contributed by atoms with Crippen molar-refractivity contribution in [2.75, 3.05) is 0 Å². The molecule has 3 rings (SSSR count). The van der Waals surface area contributed by atoms with Crippen LogP contribution in [0.5, 0.6) is 0 Å². The molecule has 1 heterocycles. The number of thiazole rings is 1. The fraction of sp³-hybridized carbons (Fsp3) is 0. The van der Waals surface area contributed by atoms with Crippen molar-refractivity contribution in [1.29, 1.82) is 0 Å². The number of aromatic nitrogens is 1. The van der Waals surface area contributed by atoms with E-state index in [4.69, 9.17) is 16.7 Å². The van der Waals surface area contributed by atoms with Crippen molar-refractivity contribution >= 4 is 33.0 Å². The summed E-state index contributed by atoms with van der Waals surface area (Å²) in [5.74, 6) is -0.976. The van der Waals surface area contributed by atoms with Gasteiger partial charge in [-0.2, -0.15) is 0 Å². The zero-order valence-electron chi connectivity index (χ0n) is 11.9. The molecule has 5 nitrogen and oxygen atoms in total. The van der Waals surface area contributed by atoms with Gasteiger partial charge in [0.15, 0.2) is 0 Å². The average molecular weight is 385 g/mol. The van der Waals surface area contributed by atoms with Gasteiger partial charge in [-0.15, -0.1) is 0 Å². The van der Waals surface area contributed by atoms with Crippen LogP contribution in [-0.4, -0.2) is 13.0 Å². The highest BCUT2D eigenvalue weighted by molar-refractivity contribution is 7.89. The van der Waals surface area contributed by atoms with E-state index in [-0.39, 0.29) is 4.87 Å². The Morgan fingerprint density at radius 1 is 1.12 bits per heavy atom. The standard InChI is InChI=1S/C15H10ClFN2O3S2/c16-10-2-4-11(5-3-10)19-13(8-23-15(19)20)9-1-6-14(12(17)7-9)24(18,21)22/h1-8H,(H2,18,21,22). The van der Waals surface area contributed by atoms with Gasteiger partial charge in [0.1, 0.15) is 10.7 Å². The summed E-state index contributed by atoms with van der Waals surface area (Å²) in [7, 11) is -4.15. The molecule has 0 saturated carbocycles. The van der Waals surface area contributed by atoms with Gasteiger partial charge in [0.05, 0.1) is 11.4 Å². The lowest BCUT2D eigenvalue weighted by Crippen LogP contribution is -2.14. The van der Waals surface area contributed by atoms with Gasteiger partial charge in [-0.25, -0.2) is 17.9 Å². The fourth-order valence-corrected chi connectivity index (χ4v) is 3.71. The molecule has 2 N–H and O–H groups in total. The molecule has 0 aliphatic rings. The molecular formula is C15H10ClFN2O3S2. The van der Waals surface area contributed by atoms with E-state index in [9.17, 15) is 17.6 Å². The average Bonchev–Trinajstić information content (AvgIpc) is 2.88. The molecule has 124 valence electrons. The first-order valence-electron chi connectivity index (χ1n) is 6.56. The number of sulfonamides is 1. The first kappa shape index (κ1) is 16.8. The van der Waals surface area contributed by atoms with Gasteiger partial charge in [0.25, 0.3) is 0 Å². The normalized spacial score (nSPS) is 11.6. The molecule has 3 aromatic rings. The molecule has 0 fully saturated rings. The first-order chi connectivity index (χ1) is 11.3. The highest BCUT2D eigenvalue weighted by Gasteiger charge is 2.17. The predicted molar refractivity (Wildman–Crippen MR) is 91.7 cm³/mol. The number of hydrogen-bond acceptors (Lipinski definition) is 4. The second-order valence-electron chi connectivity index (χ2n) is 4.89. The smallest absolute Gasteiger partial charge is 0.267 e. The first-order valence-corrected chi connectivity index (χ1v) is 9.37. The fourth-order valence-electron chi connectivity index (χ4n) is 2.23. The van der Waals surface area contributed by atoms with Crippen molar-refractivity contribution in [2.45, 2.75) is 4.90 Å². The topological polar surface area (TPSA) is 82.2 Å². The number of benzene rings is 2. The molecule has 0 amide bonds. The molecule has 9 heteroatoms. The molecule has 0 unspecified atom stereocenters. The Balaban J connectivity index is 2.17. The summed E-state index contributed by atoms with van der Waals surface area (Å²) in [4.78, 5) is 11.3. The molecule has 0 spiro atoms. The largest absolute Gasteiger partial charge is 0.312 e. The van der Waals surface area contributed by atoms with Gasteiger partial charge in [-0.05, 0) is 36.4 Å². The van der Waals surface area contributed by atoms with E-state index in [1.165, 1.54) is 10.6 Å². The minimum atomic E-state index is -4.15. The van der Waals surface area contributed by atoms with Crippen LogP contribution in [0.1, 0.15) is 0 Å². The molecule has 0 atom stereocenters. The van der Waals surface area contributed by atoms with E-state index in [0.29, 0.717) is 22.0 Å². The van der Waals surface area contributed by atoms with E-state index in [1.54, 1.807) is 29.6 Å². The minimum absolute atomic E-state index is 0.261. The van der Waals surface area contributed by atoms with Crippen molar-refractivity contribution in [3.05, 3.63) is 68.4 Å². The summed E-state index contributed by atoms with van der Waals surface area (Å²) >= 11 is 6.80. The molecule has 2 aromatic carbocycles. The zero-order valence-corrected chi connectivity index (χ0v) is 14.3. The van der Waals surface area contributed by atoms with Crippen molar-refractivity contribution in [3.8, 4) is 16.9 Å². The van der Waals surface area contributed by atoms with Crippen molar-refractivity contribution in [2.24, 2.45) is 5.14 Å². The third-order valence-corrected chi connectivity index (χ3v) is 5.24. The van der Waals surface area contributed by atoms with Gasteiger partial charge in [-0.1, -0.05) is 29.0 Å². The highest BCUT2D eigenvalue weighted by Crippen LogP contribution is 2.26. The van der Waals surface area contributed by atoms with Crippen LogP contribution in [0.3, 0.4) is 0 Å². The molecule has 0 aliphatic heterocycles. The monoisotopic (exact) mass is 384 g/mol. The van der Waals surface area contributed by atoms with Crippen LogP contribution in [0, 0.1) is 5.82 Å². The van der Waals surface area contributed by atoms with Gasteiger partial charge in [0.2, 0.25) is 10.0 Å². The van der Waals surface area contributed by atoms with Crippen LogP contribution in [0.4, 0.5) is 4.39 Å². The predicted octanol–water partition coefficient (Wildman–Crippen LogP) is 3.01. The summed E-state index contributed by atoms with van der Waals surface area (Å²) < 4.78 is 38.1. The number of nitrogens with two attached hydrogens (primary N) is 1. The molecule has 0 radical (unpaired) electrons. The van der Waals surface area contributed by atoms with Gasteiger partial charge in [0, 0.05) is 16.0 Å². The molecule has 0 aliphatic carbocycles. The number of rotatable bonds is 3. The van der Waals surface area contributed by atoms with E-state index >= 15 is 0 Å². The Labute approximate surface area is 145 Å². The number of hydrogen-bond donors (Lipinski definition) is 1. The van der Waals surface area contributed by atoms with E-state index in [1.807, 2.05) is 0 Å². The Morgan fingerprint density at radius 2 is 1.79 bits per heavy atom. The third-order valence-electron chi connectivity index (χ3n) is 3.31. The van der Waals surface area contributed by atoms with Crippen LogP contribution in [0.15, 0.2) is 57.5 Å². The van der Waals surface area contributed by atoms with Gasteiger partial charge >= 0.3 is 4.87 Å². The van der Waals surface area contributed by atoms with Crippen LogP contribution in [0.2, 0.25) is 5.02 Å². The van der Waals surface area contributed by atoms with Crippen molar-refractivity contribution < 1.29 is 12.8 Å². The van der Waals surface area contributed by atoms with Crippen molar-refractivity contribution in [3.63, 3.8) is 0 Å². The van der Waals surface area contributed by atoms with Crippen LogP contribution < -0.4 is 10.0 Å². The van der Waals surface area contributed by atoms with E-state index < -0.39 is 20.7 Å². The maximum absolute atomic E-state index is 14.1. The second kappa shape index (κ2) is 6.14. The molecule has 1 aromatic heterocycles. The quantitative estimate of drug-likeness (QED) is 0.753. The summed E-state index contributed by atoms with van der Waals surface area (Å²) in [6.45, 7) is 0. The highest BCUT2D eigenvalue weighted by atomic mass is 35.5. The molecule has 24 heavy (non-hydrogen) atoms. The number of nitrogens with zero attached hydrogens (tertiary/aromatic N) is 1. The maximum Gasteiger partial charge on any atom is 0.312 e. The summed E-state index contributed by atoms with van der Waals surface area (Å²) in [6, 6.07) is 10.1. The number of primary sulfonamides is 1. The van der Waals surface area contributed by atoms with Crippen LogP contribution >= 0.6 is 22.9 Å². The lowest BCUT2D eigenvalue weighted by molar-refractivity contribution is 0.568. The van der Waals surface area contributed by atoms with Crippen LogP contribution in [-0.2, 0) is 10.0 Å². The Kier molecular flexibility index (Phi) is 4.31. The van der Waals surface area contributed by atoms with Gasteiger partial charge < -0.3 is 0 Å². The summed E-state index contributed by atoms with van der Waals surface area (Å²) in [5.41, 5.74) is 1.36. The maximum atomic E-state index is 14.1. The summed E-state index contributed by atoms with van der Waals surface area (Å²) in [5, 5.41) is 7.04. The molecule has 0 bridgehead atoms. The Hall–Kier alpha value is -2.00. The third kappa shape index (κ3) is 3.13. The minimum Gasteiger partial charge on any atom is -0.267 e. The molecular weight excluding hydrogens is 375 g/mol. The Morgan fingerprint density at radius 3 is 2.38 bits per heavy atom. The second-order valence-corrected chi connectivity index (χ2v) is 7.68. The van der Waals surface area contributed by atoms with Crippen molar-refractivity contribution in [1.82, 2.24) is 4.57 Å². The lowest BCUT2D eigenvalue weighted by atomic mass is 10.1. The number of halogens is 2. The SMILES string of the molecule is NS(=O)(=O)c1ccc(-c2csc(=O)n2-c2ccc(Cl)cc2)cc1F. The summed E-state index contributed by atoms with van der Waals surface area (Å²) in [6.07, 6.45) is 0. The molecule has 0 saturated heterocycles. The van der Waals surface area contributed by atoms with Gasteiger partial charge in [-0.3, -0.25) is 9.36 Å². The van der Waals surface area contributed by atoms with Crippen LogP contribution in [0.25, 0.3) is 16.9 Å².